The fraction of sp³-hybridized carbons (Fsp3) is 0.600. The summed E-state index contributed by atoms with van der Waals surface area (Å²) >= 11 is 6.36. The Morgan fingerprint density at radius 2 is 1.85 bits per heavy atom. The van der Waals surface area contributed by atoms with Crippen molar-refractivity contribution in [2.75, 3.05) is 0 Å². The lowest BCUT2D eigenvalue weighted by atomic mass is 9.88. The Kier molecular flexibility index (Phi) is 7.33. The number of fused-ring (bicyclic) bond motifs is 1. The van der Waals surface area contributed by atoms with E-state index in [9.17, 15) is 9.59 Å². The van der Waals surface area contributed by atoms with E-state index >= 15 is 0 Å². The number of primary amides is 1. The minimum Gasteiger partial charge on any atom is -0.351 e. The van der Waals surface area contributed by atoms with Crippen molar-refractivity contribution in [2.24, 2.45) is 5.73 Å². The minimum atomic E-state index is -0.768. The molecule has 1 unspecified atom stereocenters. The summed E-state index contributed by atoms with van der Waals surface area (Å²) < 4.78 is 2.68. The van der Waals surface area contributed by atoms with E-state index in [1.54, 1.807) is 10.6 Å². The average Bonchev–Trinajstić information content (AvgIpc) is 2.88. The van der Waals surface area contributed by atoms with Crippen molar-refractivity contribution in [2.45, 2.75) is 78.2 Å². The zero-order valence-electron chi connectivity index (χ0n) is 16.1. The summed E-state index contributed by atoms with van der Waals surface area (Å²) in [6.07, 6.45) is 7.95. The van der Waals surface area contributed by atoms with Crippen molar-refractivity contribution < 1.29 is 4.79 Å². The van der Waals surface area contributed by atoms with Crippen LogP contribution in [0.25, 0.3) is 11.0 Å². The quantitative estimate of drug-likeness (QED) is 0.604. The van der Waals surface area contributed by atoms with E-state index in [0.717, 1.165) is 41.3 Å². The van der Waals surface area contributed by atoms with Crippen molar-refractivity contribution in [1.82, 2.24) is 9.13 Å². The van der Waals surface area contributed by atoms with Crippen LogP contribution in [-0.2, 0) is 6.54 Å². The summed E-state index contributed by atoms with van der Waals surface area (Å²) in [7, 11) is 0. The molecule has 0 fully saturated rings. The molecule has 5 nitrogen and oxygen atoms in total. The number of unbranched alkanes of at least 4 members (excludes halogenated alkanes) is 3. The van der Waals surface area contributed by atoms with Crippen LogP contribution in [0.1, 0.15) is 77.2 Å². The van der Waals surface area contributed by atoms with Gasteiger partial charge in [0.2, 0.25) is 0 Å². The Morgan fingerprint density at radius 1 is 1.12 bits per heavy atom. The van der Waals surface area contributed by atoms with Crippen LogP contribution in [0.2, 0.25) is 5.02 Å². The molecule has 0 aliphatic carbocycles. The molecule has 1 aromatic carbocycles. The molecule has 26 heavy (non-hydrogen) atoms. The van der Waals surface area contributed by atoms with Gasteiger partial charge in [0.15, 0.2) is 0 Å². The minimum absolute atomic E-state index is 0.319. The van der Waals surface area contributed by atoms with Crippen molar-refractivity contribution in [3.05, 3.63) is 33.2 Å². The molecule has 0 saturated carbocycles. The Bertz CT molecular complexity index is 823. The van der Waals surface area contributed by atoms with Crippen molar-refractivity contribution in [3.63, 3.8) is 0 Å². The number of aryl methyl sites for hydroxylation is 1. The standard InChI is InChI=1S/C20H30ClN3O2/c1-4-7-8-9-11-14(10-5-2)16-12-15(21)13-17-18(16)23(6-3)20(26)24(17)19(22)25/h12-14H,4-11H2,1-3H3,(H2,22,25). The fourth-order valence-corrected chi connectivity index (χ4v) is 4.05. The van der Waals surface area contributed by atoms with Gasteiger partial charge in [0.05, 0.1) is 11.0 Å². The summed E-state index contributed by atoms with van der Waals surface area (Å²) in [5.41, 5.74) is 7.45. The Hall–Kier alpha value is -1.75. The molecule has 0 aliphatic rings. The highest BCUT2D eigenvalue weighted by atomic mass is 35.5. The number of aromatic nitrogens is 2. The van der Waals surface area contributed by atoms with Crippen molar-refractivity contribution >= 4 is 28.7 Å². The number of rotatable bonds is 9. The maximum atomic E-state index is 12.7. The van der Waals surface area contributed by atoms with E-state index < -0.39 is 6.03 Å². The summed E-state index contributed by atoms with van der Waals surface area (Å²) in [5.74, 6) is 0.319. The van der Waals surface area contributed by atoms with Gasteiger partial charge in [-0.05, 0) is 43.4 Å². The van der Waals surface area contributed by atoms with Gasteiger partial charge in [-0.3, -0.25) is 4.57 Å². The van der Waals surface area contributed by atoms with Gasteiger partial charge in [-0.25, -0.2) is 14.2 Å². The second-order valence-corrected chi connectivity index (χ2v) is 7.33. The average molecular weight is 380 g/mol. The van der Waals surface area contributed by atoms with Gasteiger partial charge >= 0.3 is 11.7 Å². The predicted molar refractivity (Wildman–Crippen MR) is 108 cm³/mol. The molecule has 0 spiro atoms. The largest absolute Gasteiger partial charge is 0.351 e. The van der Waals surface area contributed by atoms with Crippen molar-refractivity contribution in [3.8, 4) is 0 Å². The second-order valence-electron chi connectivity index (χ2n) is 6.90. The van der Waals surface area contributed by atoms with Crippen LogP contribution in [0.15, 0.2) is 16.9 Å². The monoisotopic (exact) mass is 379 g/mol. The van der Waals surface area contributed by atoms with Gasteiger partial charge in [-0.2, -0.15) is 0 Å². The van der Waals surface area contributed by atoms with Gasteiger partial charge in [0.25, 0.3) is 0 Å². The molecule has 1 amide bonds. The Morgan fingerprint density at radius 3 is 2.42 bits per heavy atom. The molecule has 0 radical (unpaired) electrons. The topological polar surface area (TPSA) is 70.0 Å². The lowest BCUT2D eigenvalue weighted by Crippen LogP contribution is -2.32. The third-order valence-electron chi connectivity index (χ3n) is 5.04. The fourth-order valence-electron chi connectivity index (χ4n) is 3.83. The Labute approximate surface area is 160 Å². The third kappa shape index (κ3) is 4.14. The highest BCUT2D eigenvalue weighted by Gasteiger charge is 2.23. The van der Waals surface area contributed by atoms with E-state index in [4.69, 9.17) is 17.3 Å². The second kappa shape index (κ2) is 9.26. The first-order chi connectivity index (χ1) is 12.5. The first-order valence-corrected chi connectivity index (χ1v) is 10.1. The smallest absolute Gasteiger partial charge is 0.337 e. The number of halogens is 1. The van der Waals surface area contributed by atoms with Gasteiger partial charge in [0, 0.05) is 11.6 Å². The number of hydrogen-bond acceptors (Lipinski definition) is 2. The van der Waals surface area contributed by atoms with E-state index in [1.165, 1.54) is 19.3 Å². The zero-order valence-corrected chi connectivity index (χ0v) is 16.8. The third-order valence-corrected chi connectivity index (χ3v) is 5.25. The molecule has 0 bridgehead atoms. The number of imidazole rings is 1. The molecule has 1 atom stereocenters. The van der Waals surface area contributed by atoms with Crippen LogP contribution < -0.4 is 11.4 Å². The van der Waals surface area contributed by atoms with E-state index in [1.807, 2.05) is 13.0 Å². The first kappa shape index (κ1) is 20.6. The van der Waals surface area contributed by atoms with E-state index in [0.29, 0.717) is 23.0 Å². The van der Waals surface area contributed by atoms with Gasteiger partial charge in [-0.1, -0.05) is 57.6 Å². The van der Waals surface area contributed by atoms with Crippen LogP contribution in [0.5, 0.6) is 0 Å². The highest BCUT2D eigenvalue weighted by molar-refractivity contribution is 6.31. The number of nitrogens with zero attached hydrogens (tertiary/aromatic N) is 2. The first-order valence-electron chi connectivity index (χ1n) is 9.70. The maximum absolute atomic E-state index is 12.7. The molecule has 1 aromatic heterocycles. The van der Waals surface area contributed by atoms with Crippen LogP contribution in [0.4, 0.5) is 4.79 Å². The van der Waals surface area contributed by atoms with E-state index in [2.05, 4.69) is 13.8 Å². The molecular weight excluding hydrogens is 350 g/mol. The van der Waals surface area contributed by atoms with Gasteiger partial charge in [-0.15, -0.1) is 0 Å². The zero-order chi connectivity index (χ0) is 19.3. The van der Waals surface area contributed by atoms with Crippen LogP contribution in [0.3, 0.4) is 0 Å². The van der Waals surface area contributed by atoms with Crippen LogP contribution >= 0.6 is 11.6 Å². The molecule has 2 aromatic rings. The number of carbonyl (C=O) groups excluding carboxylic acids is 1. The molecule has 144 valence electrons. The van der Waals surface area contributed by atoms with Crippen LogP contribution in [-0.4, -0.2) is 15.2 Å². The number of amides is 1. The SMILES string of the molecule is CCCCCCC(CCC)c1cc(Cl)cc2c1n(CC)c(=O)n2C(N)=O. The predicted octanol–water partition coefficient (Wildman–Crippen LogP) is 5.26. The summed E-state index contributed by atoms with van der Waals surface area (Å²) in [6.45, 7) is 6.76. The van der Waals surface area contributed by atoms with Crippen LogP contribution in [0, 0.1) is 0 Å². The van der Waals surface area contributed by atoms with Crippen molar-refractivity contribution in [1.29, 1.82) is 0 Å². The highest BCUT2D eigenvalue weighted by Crippen LogP contribution is 2.35. The summed E-state index contributed by atoms with van der Waals surface area (Å²) in [4.78, 5) is 24.5. The summed E-state index contributed by atoms with van der Waals surface area (Å²) in [5, 5.41) is 0.533. The van der Waals surface area contributed by atoms with Gasteiger partial charge < -0.3 is 5.73 Å². The maximum Gasteiger partial charge on any atom is 0.337 e. The summed E-state index contributed by atoms with van der Waals surface area (Å²) in [6, 6.07) is 2.86. The van der Waals surface area contributed by atoms with E-state index in [-0.39, 0.29) is 5.69 Å². The van der Waals surface area contributed by atoms with Gasteiger partial charge in [0.1, 0.15) is 0 Å². The number of nitrogens with two attached hydrogens (primary N) is 1. The lowest BCUT2D eigenvalue weighted by Gasteiger charge is -2.19. The molecular formula is C20H30ClN3O2. The Balaban J connectivity index is 2.62. The number of carbonyl (C=O) groups is 1. The number of benzene rings is 1. The molecule has 1 heterocycles. The number of hydrogen-bond donors (Lipinski definition) is 1. The molecule has 0 saturated heterocycles. The molecule has 2 rings (SSSR count). The molecule has 6 heteroatoms. The normalized spacial score (nSPS) is 12.6. The molecule has 2 N–H and O–H groups in total. The lowest BCUT2D eigenvalue weighted by molar-refractivity contribution is 0.250. The molecule has 0 aliphatic heterocycles.